The maximum atomic E-state index is 11.8. The van der Waals surface area contributed by atoms with Crippen molar-refractivity contribution in [2.24, 2.45) is 0 Å². The van der Waals surface area contributed by atoms with Crippen LogP contribution in [0.5, 0.6) is 0 Å². The number of hydrogen-bond acceptors (Lipinski definition) is 3. The second kappa shape index (κ2) is 6.68. The van der Waals surface area contributed by atoms with Gasteiger partial charge in [-0.05, 0) is 24.6 Å². The summed E-state index contributed by atoms with van der Waals surface area (Å²) in [5.41, 5.74) is 0.762. The molecule has 0 radical (unpaired) electrons. The molecule has 1 aromatic carbocycles. The molecule has 0 bridgehead atoms. The molecule has 3 N–H and O–H groups in total. The largest absolute Gasteiger partial charge is 0.355 e. The lowest BCUT2D eigenvalue weighted by atomic mass is 10.1. The third kappa shape index (κ3) is 4.65. The number of piperidine rings is 1. The van der Waals surface area contributed by atoms with Crippen molar-refractivity contribution in [2.75, 3.05) is 18.4 Å². The molecule has 102 valence electrons. The Morgan fingerprint density at radius 1 is 1.47 bits per heavy atom. The molecular formula is C13H16BrN3O2. The van der Waals surface area contributed by atoms with Crippen molar-refractivity contribution in [2.45, 2.75) is 18.9 Å². The van der Waals surface area contributed by atoms with Gasteiger partial charge in [0.25, 0.3) is 0 Å². The van der Waals surface area contributed by atoms with Gasteiger partial charge in [0.2, 0.25) is 11.8 Å². The zero-order chi connectivity index (χ0) is 13.7. The lowest BCUT2D eigenvalue weighted by Gasteiger charge is -2.23. The van der Waals surface area contributed by atoms with Gasteiger partial charge in [-0.25, -0.2) is 0 Å². The van der Waals surface area contributed by atoms with Crippen LogP contribution in [0.25, 0.3) is 0 Å². The third-order valence-corrected chi connectivity index (χ3v) is 3.42. The summed E-state index contributed by atoms with van der Waals surface area (Å²) in [6.45, 7) is 0.829. The Labute approximate surface area is 120 Å². The summed E-state index contributed by atoms with van der Waals surface area (Å²) < 4.78 is 0.924. The second-order valence-corrected chi connectivity index (χ2v) is 5.39. The standard InChI is InChI=1S/C13H16BrN3O2/c14-9-2-1-3-10(6-9)17-13(19)8-15-11-4-5-12(18)16-7-11/h1-3,6,11,15H,4-5,7-8H2,(H,16,18)(H,17,19). The summed E-state index contributed by atoms with van der Waals surface area (Å²) in [4.78, 5) is 22.8. The van der Waals surface area contributed by atoms with Gasteiger partial charge in [-0.15, -0.1) is 0 Å². The van der Waals surface area contributed by atoms with Crippen LogP contribution in [0.3, 0.4) is 0 Å². The highest BCUT2D eigenvalue weighted by molar-refractivity contribution is 9.10. The van der Waals surface area contributed by atoms with Crippen LogP contribution in [0.1, 0.15) is 12.8 Å². The summed E-state index contributed by atoms with van der Waals surface area (Å²) in [6.07, 6.45) is 1.29. The molecule has 1 aliphatic rings. The first-order valence-corrected chi connectivity index (χ1v) is 6.98. The van der Waals surface area contributed by atoms with Gasteiger partial charge in [-0.1, -0.05) is 22.0 Å². The maximum absolute atomic E-state index is 11.8. The van der Waals surface area contributed by atoms with Gasteiger partial charge < -0.3 is 16.0 Å². The Hall–Kier alpha value is -1.40. The second-order valence-electron chi connectivity index (χ2n) is 4.48. The molecule has 1 atom stereocenters. The van der Waals surface area contributed by atoms with Gasteiger partial charge in [-0.3, -0.25) is 9.59 Å². The van der Waals surface area contributed by atoms with Crippen LogP contribution < -0.4 is 16.0 Å². The first kappa shape index (κ1) is 14.0. The monoisotopic (exact) mass is 325 g/mol. The molecule has 1 heterocycles. The predicted molar refractivity (Wildman–Crippen MR) is 76.8 cm³/mol. The Morgan fingerprint density at radius 2 is 2.32 bits per heavy atom. The van der Waals surface area contributed by atoms with Crippen LogP contribution >= 0.6 is 15.9 Å². The average Bonchev–Trinajstić information content (AvgIpc) is 2.38. The van der Waals surface area contributed by atoms with Crippen LogP contribution in [0.15, 0.2) is 28.7 Å². The molecule has 19 heavy (non-hydrogen) atoms. The maximum Gasteiger partial charge on any atom is 0.238 e. The van der Waals surface area contributed by atoms with Crippen molar-refractivity contribution in [3.8, 4) is 0 Å². The van der Waals surface area contributed by atoms with E-state index in [1.807, 2.05) is 24.3 Å². The molecule has 5 nitrogen and oxygen atoms in total. The van der Waals surface area contributed by atoms with E-state index in [1.54, 1.807) is 0 Å². The molecule has 0 spiro atoms. The Morgan fingerprint density at radius 3 is 3.00 bits per heavy atom. The van der Waals surface area contributed by atoms with Gasteiger partial charge in [-0.2, -0.15) is 0 Å². The number of carbonyl (C=O) groups is 2. The van der Waals surface area contributed by atoms with E-state index in [4.69, 9.17) is 0 Å². The van der Waals surface area contributed by atoms with Gasteiger partial charge >= 0.3 is 0 Å². The highest BCUT2D eigenvalue weighted by Gasteiger charge is 2.17. The summed E-state index contributed by atoms with van der Waals surface area (Å²) in [5, 5.41) is 8.72. The fourth-order valence-electron chi connectivity index (χ4n) is 1.92. The van der Waals surface area contributed by atoms with Crippen LogP contribution in [0, 0.1) is 0 Å². The van der Waals surface area contributed by atoms with E-state index >= 15 is 0 Å². The minimum atomic E-state index is -0.0880. The normalized spacial score (nSPS) is 18.8. The Bertz CT molecular complexity index is 469. The smallest absolute Gasteiger partial charge is 0.238 e. The van der Waals surface area contributed by atoms with Crippen LogP contribution in [0.2, 0.25) is 0 Å². The van der Waals surface area contributed by atoms with Crippen LogP contribution in [-0.4, -0.2) is 30.9 Å². The molecule has 1 aliphatic heterocycles. The van der Waals surface area contributed by atoms with E-state index in [2.05, 4.69) is 31.9 Å². The molecule has 1 unspecified atom stereocenters. The molecule has 0 saturated carbocycles. The lowest BCUT2D eigenvalue weighted by molar-refractivity contribution is -0.122. The molecule has 2 amide bonds. The van der Waals surface area contributed by atoms with Crippen molar-refractivity contribution in [1.29, 1.82) is 0 Å². The van der Waals surface area contributed by atoms with Crippen molar-refractivity contribution < 1.29 is 9.59 Å². The number of nitrogens with one attached hydrogen (secondary N) is 3. The zero-order valence-corrected chi connectivity index (χ0v) is 12.0. The van der Waals surface area contributed by atoms with Crippen molar-refractivity contribution in [3.05, 3.63) is 28.7 Å². The van der Waals surface area contributed by atoms with Gasteiger partial charge in [0.1, 0.15) is 0 Å². The number of anilines is 1. The molecule has 1 saturated heterocycles. The summed E-state index contributed by atoms with van der Waals surface area (Å²) in [6, 6.07) is 7.62. The number of rotatable bonds is 4. The fraction of sp³-hybridized carbons (Fsp3) is 0.385. The fourth-order valence-corrected chi connectivity index (χ4v) is 2.31. The molecular weight excluding hydrogens is 310 g/mol. The molecule has 0 aliphatic carbocycles. The van der Waals surface area contributed by atoms with E-state index < -0.39 is 0 Å². The quantitative estimate of drug-likeness (QED) is 0.780. The number of benzene rings is 1. The van der Waals surface area contributed by atoms with E-state index in [-0.39, 0.29) is 24.4 Å². The van der Waals surface area contributed by atoms with E-state index in [1.165, 1.54) is 0 Å². The van der Waals surface area contributed by atoms with E-state index in [0.29, 0.717) is 13.0 Å². The van der Waals surface area contributed by atoms with Gasteiger partial charge in [0, 0.05) is 29.2 Å². The number of carbonyl (C=O) groups excluding carboxylic acids is 2. The highest BCUT2D eigenvalue weighted by Crippen LogP contribution is 2.15. The minimum absolute atomic E-state index is 0.0802. The Kier molecular flexibility index (Phi) is 4.93. The highest BCUT2D eigenvalue weighted by atomic mass is 79.9. The number of halogens is 1. The third-order valence-electron chi connectivity index (χ3n) is 2.93. The molecule has 6 heteroatoms. The lowest BCUT2D eigenvalue weighted by Crippen LogP contribution is -2.47. The minimum Gasteiger partial charge on any atom is -0.355 e. The van der Waals surface area contributed by atoms with Crippen LogP contribution in [-0.2, 0) is 9.59 Å². The number of hydrogen-bond donors (Lipinski definition) is 3. The van der Waals surface area contributed by atoms with Crippen molar-refractivity contribution in [1.82, 2.24) is 10.6 Å². The average molecular weight is 326 g/mol. The first-order valence-electron chi connectivity index (χ1n) is 6.19. The van der Waals surface area contributed by atoms with Crippen molar-refractivity contribution >= 4 is 33.4 Å². The van der Waals surface area contributed by atoms with E-state index in [9.17, 15) is 9.59 Å². The predicted octanol–water partition coefficient (Wildman–Crippen LogP) is 1.26. The van der Waals surface area contributed by atoms with Crippen molar-refractivity contribution in [3.63, 3.8) is 0 Å². The zero-order valence-electron chi connectivity index (χ0n) is 10.4. The topological polar surface area (TPSA) is 70.2 Å². The molecule has 0 aromatic heterocycles. The SMILES string of the molecule is O=C1CCC(NCC(=O)Nc2cccc(Br)c2)CN1. The van der Waals surface area contributed by atoms with Gasteiger partial charge in [0.15, 0.2) is 0 Å². The summed E-state index contributed by atoms with van der Waals surface area (Å²) in [7, 11) is 0. The van der Waals surface area contributed by atoms with Gasteiger partial charge in [0.05, 0.1) is 6.54 Å². The summed E-state index contributed by atoms with van der Waals surface area (Å²) in [5.74, 6) is -0.00774. The first-order chi connectivity index (χ1) is 9.13. The molecule has 2 rings (SSSR count). The van der Waals surface area contributed by atoms with E-state index in [0.717, 1.165) is 16.6 Å². The van der Waals surface area contributed by atoms with Crippen LogP contribution in [0.4, 0.5) is 5.69 Å². The number of amides is 2. The molecule has 1 aromatic rings. The Balaban J connectivity index is 1.74. The summed E-state index contributed by atoms with van der Waals surface area (Å²) >= 11 is 3.35. The molecule has 1 fully saturated rings.